The van der Waals surface area contributed by atoms with Crippen molar-refractivity contribution >= 4 is 6.29 Å². The Morgan fingerprint density at radius 3 is 2.62 bits per heavy atom. The lowest BCUT2D eigenvalue weighted by Gasteiger charge is -2.13. The van der Waals surface area contributed by atoms with E-state index in [0.29, 0.717) is 12.1 Å². The van der Waals surface area contributed by atoms with E-state index in [1.165, 1.54) is 0 Å². The van der Waals surface area contributed by atoms with Crippen LogP contribution in [0.5, 0.6) is 0 Å². The van der Waals surface area contributed by atoms with E-state index in [-0.39, 0.29) is 17.9 Å². The average Bonchev–Trinajstić information content (AvgIpc) is 2.23. The van der Waals surface area contributed by atoms with Crippen LogP contribution in [-0.4, -0.2) is 23.5 Å². The quantitative estimate of drug-likeness (QED) is 0.706. The van der Waals surface area contributed by atoms with Crippen molar-refractivity contribution in [3.05, 3.63) is 27.2 Å². The summed E-state index contributed by atoms with van der Waals surface area (Å²) in [4.78, 5) is 22.1. The second-order valence-corrected chi connectivity index (χ2v) is 3.95. The fourth-order valence-corrected chi connectivity index (χ4v) is 1.69. The molecule has 0 aliphatic carbocycles. The van der Waals surface area contributed by atoms with Crippen molar-refractivity contribution in [1.29, 1.82) is 0 Å². The first-order valence-electron chi connectivity index (χ1n) is 5.30. The van der Waals surface area contributed by atoms with E-state index in [0.717, 1.165) is 17.5 Å². The molecule has 0 atom stereocenters. The molecule has 1 aromatic rings. The molecule has 0 aliphatic heterocycles. The number of hydrogen-bond donors (Lipinski definition) is 2. The molecular formula is C11H17N3O2. The smallest absolute Gasteiger partial charge is 0.268 e. The molecule has 1 heterocycles. The Bertz CT molecular complexity index is 424. The van der Waals surface area contributed by atoms with Crippen molar-refractivity contribution in [2.24, 2.45) is 0 Å². The van der Waals surface area contributed by atoms with Crippen molar-refractivity contribution in [1.82, 2.24) is 15.5 Å². The minimum atomic E-state index is -0.276. The molecule has 0 fully saturated rings. The fraction of sp³-hybridized carbons (Fsp3) is 0.545. The second kappa shape index (κ2) is 5.55. The number of hydrogen-bond acceptors (Lipinski definition) is 4. The summed E-state index contributed by atoms with van der Waals surface area (Å²) >= 11 is 0. The molecule has 0 aromatic carbocycles. The summed E-state index contributed by atoms with van der Waals surface area (Å²) in [6.07, 6.45) is 0.877. The molecule has 0 saturated heterocycles. The van der Waals surface area contributed by atoms with Crippen LogP contribution in [0.2, 0.25) is 0 Å². The lowest BCUT2D eigenvalue weighted by atomic mass is 9.99. The van der Waals surface area contributed by atoms with Gasteiger partial charge in [-0.15, -0.1) is 0 Å². The molecule has 2 N–H and O–H groups in total. The fourth-order valence-electron chi connectivity index (χ4n) is 1.69. The lowest BCUT2D eigenvalue weighted by Crippen LogP contribution is -2.24. The molecule has 0 bridgehead atoms. The third-order valence-electron chi connectivity index (χ3n) is 2.41. The highest BCUT2D eigenvalue weighted by atomic mass is 16.1. The minimum Gasteiger partial charge on any atom is -0.316 e. The van der Waals surface area contributed by atoms with Crippen LogP contribution in [0.25, 0.3) is 0 Å². The largest absolute Gasteiger partial charge is 0.316 e. The summed E-state index contributed by atoms with van der Waals surface area (Å²) in [5.41, 5.74) is 1.92. The van der Waals surface area contributed by atoms with Gasteiger partial charge in [0.25, 0.3) is 5.56 Å². The van der Waals surface area contributed by atoms with Gasteiger partial charge in [-0.1, -0.05) is 13.8 Å². The molecule has 0 spiro atoms. The Balaban J connectivity index is 3.36. The summed E-state index contributed by atoms with van der Waals surface area (Å²) in [6, 6.07) is 0. The zero-order chi connectivity index (χ0) is 12.1. The van der Waals surface area contributed by atoms with Gasteiger partial charge in [0.1, 0.15) is 6.29 Å². The van der Waals surface area contributed by atoms with Gasteiger partial charge in [-0.05, 0) is 18.5 Å². The predicted molar refractivity (Wildman–Crippen MR) is 61.5 cm³/mol. The summed E-state index contributed by atoms with van der Waals surface area (Å²) in [7, 11) is 1.80. The molecule has 0 radical (unpaired) electrons. The van der Waals surface area contributed by atoms with E-state index in [9.17, 15) is 9.59 Å². The van der Waals surface area contributed by atoms with Crippen LogP contribution in [0.4, 0.5) is 0 Å². The second-order valence-electron chi connectivity index (χ2n) is 3.95. The third kappa shape index (κ3) is 2.55. The Hall–Kier alpha value is -1.49. The molecular weight excluding hydrogens is 206 g/mol. The van der Waals surface area contributed by atoms with E-state index in [2.05, 4.69) is 15.5 Å². The highest BCUT2D eigenvalue weighted by Gasteiger charge is 2.15. The van der Waals surface area contributed by atoms with Crippen LogP contribution >= 0.6 is 0 Å². The summed E-state index contributed by atoms with van der Waals surface area (Å²) in [5, 5.41) is 9.48. The molecule has 0 saturated carbocycles. The number of aromatic amines is 1. The topological polar surface area (TPSA) is 74.8 Å². The first-order chi connectivity index (χ1) is 7.61. The zero-order valence-electron chi connectivity index (χ0n) is 9.83. The molecule has 0 unspecified atom stereocenters. The van der Waals surface area contributed by atoms with Crippen molar-refractivity contribution in [3.8, 4) is 0 Å². The Kier molecular flexibility index (Phi) is 4.37. The highest BCUT2D eigenvalue weighted by molar-refractivity contribution is 5.56. The van der Waals surface area contributed by atoms with Gasteiger partial charge in [0.15, 0.2) is 0 Å². The van der Waals surface area contributed by atoms with Gasteiger partial charge in [-0.3, -0.25) is 4.79 Å². The van der Waals surface area contributed by atoms with Crippen LogP contribution in [0.1, 0.15) is 36.6 Å². The standard InChI is InChI=1S/C11H17N3O2/c1-7(2)10-9(6-12-3)8(4-5-15)11(16)14-13-10/h5,7,12H,4,6H2,1-3H3,(H,14,16). The number of rotatable bonds is 5. The first-order valence-corrected chi connectivity index (χ1v) is 5.30. The number of carbonyl (C=O) groups excluding carboxylic acids is 1. The van der Waals surface area contributed by atoms with Crippen LogP contribution < -0.4 is 10.9 Å². The van der Waals surface area contributed by atoms with Gasteiger partial charge < -0.3 is 10.1 Å². The average molecular weight is 223 g/mol. The molecule has 1 aromatic heterocycles. The van der Waals surface area contributed by atoms with Crippen LogP contribution in [0.3, 0.4) is 0 Å². The highest BCUT2D eigenvalue weighted by Crippen LogP contribution is 2.17. The molecule has 0 amide bonds. The Morgan fingerprint density at radius 1 is 1.44 bits per heavy atom. The summed E-state index contributed by atoms with van der Waals surface area (Å²) in [5.74, 6) is 0.214. The number of aromatic nitrogens is 2. The normalized spacial score (nSPS) is 10.8. The maximum atomic E-state index is 11.6. The van der Waals surface area contributed by atoms with Crippen molar-refractivity contribution in [2.45, 2.75) is 32.7 Å². The molecule has 0 aliphatic rings. The predicted octanol–water partition coefficient (Wildman–Crippen LogP) is 0.354. The van der Waals surface area contributed by atoms with E-state index in [1.54, 1.807) is 7.05 Å². The monoisotopic (exact) mass is 223 g/mol. The summed E-state index contributed by atoms with van der Waals surface area (Å²) in [6.45, 7) is 4.56. The molecule has 16 heavy (non-hydrogen) atoms. The number of H-pyrrole nitrogens is 1. The van der Waals surface area contributed by atoms with Gasteiger partial charge in [-0.2, -0.15) is 5.10 Å². The van der Waals surface area contributed by atoms with E-state index in [4.69, 9.17) is 0 Å². The van der Waals surface area contributed by atoms with Crippen molar-refractivity contribution in [3.63, 3.8) is 0 Å². The van der Waals surface area contributed by atoms with E-state index < -0.39 is 0 Å². The van der Waals surface area contributed by atoms with Crippen LogP contribution in [-0.2, 0) is 17.8 Å². The molecule has 5 heteroatoms. The Morgan fingerprint density at radius 2 is 2.12 bits per heavy atom. The maximum absolute atomic E-state index is 11.6. The van der Waals surface area contributed by atoms with Crippen molar-refractivity contribution in [2.75, 3.05) is 7.05 Å². The van der Waals surface area contributed by atoms with Gasteiger partial charge >= 0.3 is 0 Å². The summed E-state index contributed by atoms with van der Waals surface area (Å²) < 4.78 is 0. The van der Waals surface area contributed by atoms with Gasteiger partial charge in [0.2, 0.25) is 0 Å². The molecule has 88 valence electrons. The third-order valence-corrected chi connectivity index (χ3v) is 2.41. The zero-order valence-corrected chi connectivity index (χ0v) is 9.83. The number of nitrogens with zero attached hydrogens (tertiary/aromatic N) is 1. The minimum absolute atomic E-state index is 0.134. The number of nitrogens with one attached hydrogen (secondary N) is 2. The van der Waals surface area contributed by atoms with E-state index in [1.807, 2.05) is 13.8 Å². The van der Waals surface area contributed by atoms with Crippen molar-refractivity contribution < 1.29 is 4.79 Å². The number of aldehydes is 1. The first kappa shape index (κ1) is 12.6. The Labute approximate surface area is 94.3 Å². The number of carbonyl (C=O) groups is 1. The van der Waals surface area contributed by atoms with Gasteiger partial charge in [0.05, 0.1) is 5.69 Å². The van der Waals surface area contributed by atoms with Gasteiger partial charge in [0, 0.05) is 18.5 Å². The SMILES string of the molecule is CNCc1c(C(C)C)n[nH]c(=O)c1CC=O. The molecule has 1 rings (SSSR count). The van der Waals surface area contributed by atoms with Gasteiger partial charge in [-0.25, -0.2) is 5.10 Å². The van der Waals surface area contributed by atoms with Crippen LogP contribution in [0, 0.1) is 0 Å². The lowest BCUT2D eigenvalue weighted by molar-refractivity contribution is -0.107. The molecule has 5 nitrogen and oxygen atoms in total. The van der Waals surface area contributed by atoms with Crippen LogP contribution in [0.15, 0.2) is 4.79 Å². The van der Waals surface area contributed by atoms with E-state index >= 15 is 0 Å². The maximum Gasteiger partial charge on any atom is 0.268 e.